The number of anilines is 1. The van der Waals surface area contributed by atoms with Gasteiger partial charge in [-0.25, -0.2) is 0 Å². The Morgan fingerprint density at radius 2 is 1.96 bits per heavy atom. The second kappa shape index (κ2) is 8.35. The molecule has 1 saturated heterocycles. The number of hydrogen-bond acceptors (Lipinski definition) is 3. The lowest BCUT2D eigenvalue weighted by Gasteiger charge is -2.17. The maximum absolute atomic E-state index is 12.6. The van der Waals surface area contributed by atoms with Crippen molar-refractivity contribution in [2.24, 2.45) is 5.92 Å². The highest BCUT2D eigenvalue weighted by Gasteiger charge is 2.37. The Kier molecular flexibility index (Phi) is 5.91. The molecule has 6 nitrogen and oxygen atoms in total. The number of rotatable bonds is 5. The lowest BCUT2D eigenvalue weighted by atomic mass is 10.1. The van der Waals surface area contributed by atoms with Crippen molar-refractivity contribution < 1.29 is 14.4 Å². The summed E-state index contributed by atoms with van der Waals surface area (Å²) in [6.07, 6.45) is 0.482. The minimum Gasteiger partial charge on any atom is -0.355 e. The topological polar surface area (TPSA) is 78.5 Å². The molecule has 0 aliphatic carbocycles. The smallest absolute Gasteiger partial charge is 0.251 e. The summed E-state index contributed by atoms with van der Waals surface area (Å²) in [5.74, 6) is -1.35. The van der Waals surface area contributed by atoms with E-state index in [4.69, 9.17) is 0 Å². The molecule has 3 amide bonds. The molecule has 0 radical (unpaired) electrons. The van der Waals surface area contributed by atoms with E-state index in [9.17, 15) is 14.4 Å². The fourth-order valence-corrected chi connectivity index (χ4v) is 3.49. The van der Waals surface area contributed by atoms with Crippen LogP contribution in [0.25, 0.3) is 0 Å². The molecule has 2 aromatic rings. The molecule has 7 heteroatoms. The van der Waals surface area contributed by atoms with Crippen molar-refractivity contribution in [3.05, 3.63) is 64.1 Å². The number of nitrogens with zero attached hydrogens (tertiary/aromatic N) is 1. The van der Waals surface area contributed by atoms with Crippen LogP contribution < -0.4 is 15.5 Å². The van der Waals surface area contributed by atoms with Crippen LogP contribution in [0.4, 0.5) is 5.69 Å². The summed E-state index contributed by atoms with van der Waals surface area (Å²) in [5.41, 5.74) is 2.11. The van der Waals surface area contributed by atoms with Gasteiger partial charge < -0.3 is 15.5 Å². The van der Waals surface area contributed by atoms with E-state index in [1.54, 1.807) is 30.1 Å². The van der Waals surface area contributed by atoms with Crippen molar-refractivity contribution in [3.63, 3.8) is 0 Å². The van der Waals surface area contributed by atoms with E-state index in [0.29, 0.717) is 18.5 Å². The average molecular weight is 430 g/mol. The van der Waals surface area contributed by atoms with E-state index in [1.807, 2.05) is 30.3 Å². The maximum Gasteiger partial charge on any atom is 0.251 e. The molecule has 2 aromatic carbocycles. The summed E-state index contributed by atoms with van der Waals surface area (Å²) < 4.78 is 0.886. The molecule has 1 aliphatic rings. The number of carbonyl (C=O) groups is 3. The third-order valence-electron chi connectivity index (χ3n) is 4.52. The first-order chi connectivity index (χ1) is 13.0. The highest BCUT2D eigenvalue weighted by Crippen LogP contribution is 2.27. The van der Waals surface area contributed by atoms with Crippen molar-refractivity contribution >= 4 is 39.3 Å². The molecule has 0 spiro atoms. The van der Waals surface area contributed by atoms with Crippen molar-refractivity contribution in [3.8, 4) is 0 Å². The molecule has 1 heterocycles. The molecule has 0 saturated carbocycles. The predicted molar refractivity (Wildman–Crippen MR) is 106 cm³/mol. The fourth-order valence-electron chi connectivity index (χ4n) is 3.10. The first kappa shape index (κ1) is 19.1. The monoisotopic (exact) mass is 429 g/mol. The quantitative estimate of drug-likeness (QED) is 0.716. The Balaban J connectivity index is 1.62. The van der Waals surface area contributed by atoms with Gasteiger partial charge in [-0.05, 0) is 42.3 Å². The van der Waals surface area contributed by atoms with Gasteiger partial charge in [-0.2, -0.15) is 0 Å². The average Bonchev–Trinajstić information content (AvgIpc) is 3.07. The van der Waals surface area contributed by atoms with Crippen molar-refractivity contribution in [1.29, 1.82) is 0 Å². The van der Waals surface area contributed by atoms with Crippen LogP contribution in [-0.4, -0.2) is 31.3 Å². The number of benzene rings is 2. The van der Waals surface area contributed by atoms with Crippen LogP contribution in [0.1, 0.15) is 22.3 Å². The number of amides is 3. The van der Waals surface area contributed by atoms with Crippen molar-refractivity contribution in [1.82, 2.24) is 10.6 Å². The van der Waals surface area contributed by atoms with Crippen LogP contribution in [0, 0.1) is 5.92 Å². The Bertz CT molecular complexity index is 884. The maximum atomic E-state index is 12.6. The number of hydrogen-bond donors (Lipinski definition) is 2. The van der Waals surface area contributed by atoms with Gasteiger partial charge in [0, 0.05) is 35.9 Å². The van der Waals surface area contributed by atoms with E-state index in [1.165, 1.54) is 0 Å². The van der Waals surface area contributed by atoms with Gasteiger partial charge in [-0.1, -0.05) is 34.1 Å². The first-order valence-electron chi connectivity index (χ1n) is 8.65. The second-order valence-corrected chi connectivity index (χ2v) is 7.22. The minimum absolute atomic E-state index is 0.182. The second-order valence-electron chi connectivity index (χ2n) is 6.31. The number of carbonyl (C=O) groups excluding carboxylic acids is 3. The molecule has 140 valence electrons. The lowest BCUT2D eigenvalue weighted by Crippen LogP contribution is -2.36. The Labute approximate surface area is 166 Å². The molecule has 1 fully saturated rings. The molecule has 0 aromatic heterocycles. The standard InChI is InChI=1S/C20H20BrN3O3/c1-22-18(25)14-5-2-4-13(10-14)12-23-19(26)17-8-9-24(20(17)27)16-7-3-6-15(21)11-16/h2-7,10-11,17H,8-9,12H2,1H3,(H,22,25)(H,23,26). The minimum atomic E-state index is -0.689. The lowest BCUT2D eigenvalue weighted by molar-refractivity contribution is -0.132. The van der Waals surface area contributed by atoms with E-state index in [2.05, 4.69) is 26.6 Å². The molecule has 1 aliphatic heterocycles. The number of halogens is 1. The summed E-state index contributed by atoms with van der Waals surface area (Å²) in [6.45, 7) is 0.782. The van der Waals surface area contributed by atoms with Crippen molar-refractivity contribution in [2.75, 3.05) is 18.5 Å². The van der Waals surface area contributed by atoms with Gasteiger partial charge in [-0.3, -0.25) is 14.4 Å². The summed E-state index contributed by atoms with van der Waals surface area (Å²) >= 11 is 3.40. The fraction of sp³-hybridized carbons (Fsp3) is 0.250. The van der Waals surface area contributed by atoms with E-state index < -0.39 is 5.92 Å². The predicted octanol–water partition coefficient (Wildman–Crippen LogP) is 2.48. The highest BCUT2D eigenvalue weighted by atomic mass is 79.9. The van der Waals surface area contributed by atoms with Gasteiger partial charge in [0.05, 0.1) is 0 Å². The molecule has 0 bridgehead atoms. The third-order valence-corrected chi connectivity index (χ3v) is 5.02. The van der Waals surface area contributed by atoms with Gasteiger partial charge in [0.25, 0.3) is 5.91 Å². The highest BCUT2D eigenvalue weighted by molar-refractivity contribution is 9.10. The molecule has 2 N–H and O–H groups in total. The third kappa shape index (κ3) is 4.36. The summed E-state index contributed by atoms with van der Waals surface area (Å²) in [4.78, 5) is 38.5. The van der Waals surface area contributed by atoms with Gasteiger partial charge in [0.15, 0.2) is 0 Å². The van der Waals surface area contributed by atoms with E-state index in [-0.39, 0.29) is 24.3 Å². The van der Waals surface area contributed by atoms with Crippen LogP contribution in [0.5, 0.6) is 0 Å². The summed E-state index contributed by atoms with van der Waals surface area (Å²) in [7, 11) is 1.57. The zero-order chi connectivity index (χ0) is 19.4. The Hall–Kier alpha value is -2.67. The van der Waals surface area contributed by atoms with Crippen LogP contribution in [0.2, 0.25) is 0 Å². The van der Waals surface area contributed by atoms with Crippen LogP contribution in [0.15, 0.2) is 53.0 Å². The van der Waals surface area contributed by atoms with E-state index in [0.717, 1.165) is 15.7 Å². The van der Waals surface area contributed by atoms with Gasteiger partial charge in [0.2, 0.25) is 11.8 Å². The Morgan fingerprint density at radius 3 is 2.70 bits per heavy atom. The molecule has 1 atom stereocenters. The van der Waals surface area contributed by atoms with Gasteiger partial charge in [-0.15, -0.1) is 0 Å². The first-order valence-corrected chi connectivity index (χ1v) is 9.44. The molecule has 1 unspecified atom stereocenters. The SMILES string of the molecule is CNC(=O)c1cccc(CNC(=O)C2CCN(c3cccc(Br)c3)C2=O)c1. The zero-order valence-corrected chi connectivity index (χ0v) is 16.5. The van der Waals surface area contributed by atoms with Crippen LogP contribution in [-0.2, 0) is 16.1 Å². The van der Waals surface area contributed by atoms with Gasteiger partial charge in [0.1, 0.15) is 5.92 Å². The zero-order valence-electron chi connectivity index (χ0n) is 14.9. The summed E-state index contributed by atoms with van der Waals surface area (Å²) in [6, 6.07) is 14.5. The normalized spacial score (nSPS) is 16.3. The summed E-state index contributed by atoms with van der Waals surface area (Å²) in [5, 5.41) is 5.38. The van der Waals surface area contributed by atoms with Crippen molar-refractivity contribution in [2.45, 2.75) is 13.0 Å². The van der Waals surface area contributed by atoms with Gasteiger partial charge >= 0.3 is 0 Å². The molecular formula is C20H20BrN3O3. The van der Waals surface area contributed by atoms with E-state index >= 15 is 0 Å². The number of nitrogens with one attached hydrogen (secondary N) is 2. The Morgan fingerprint density at radius 1 is 1.19 bits per heavy atom. The molecule has 3 rings (SSSR count). The molecule has 27 heavy (non-hydrogen) atoms. The van der Waals surface area contributed by atoms with Crippen LogP contribution in [0.3, 0.4) is 0 Å². The molecular weight excluding hydrogens is 410 g/mol. The van der Waals surface area contributed by atoms with Crippen LogP contribution >= 0.6 is 15.9 Å². The largest absolute Gasteiger partial charge is 0.355 e.